The zero-order valence-electron chi connectivity index (χ0n) is 22.1. The second-order valence-corrected chi connectivity index (χ2v) is 10.3. The van der Waals surface area contributed by atoms with E-state index in [0.29, 0.717) is 47.4 Å². The summed E-state index contributed by atoms with van der Waals surface area (Å²) in [5.41, 5.74) is 2.19. The van der Waals surface area contributed by atoms with Crippen LogP contribution in [0, 0.1) is 13.8 Å². The van der Waals surface area contributed by atoms with Crippen molar-refractivity contribution < 1.29 is 18.3 Å². The highest BCUT2D eigenvalue weighted by Gasteiger charge is 2.34. The lowest BCUT2D eigenvalue weighted by Crippen LogP contribution is -2.45. The van der Waals surface area contributed by atoms with Gasteiger partial charge in [0.15, 0.2) is 11.5 Å². The second kappa shape index (κ2) is 10.8. The number of likely N-dealkylation sites (tertiary alicyclic amines) is 1. The van der Waals surface area contributed by atoms with E-state index in [0.717, 1.165) is 29.4 Å². The fourth-order valence-electron chi connectivity index (χ4n) is 5.72. The van der Waals surface area contributed by atoms with Crippen molar-refractivity contribution in [3.63, 3.8) is 0 Å². The van der Waals surface area contributed by atoms with Gasteiger partial charge in [-0.05, 0) is 70.2 Å². The quantitative estimate of drug-likeness (QED) is 0.343. The molecule has 0 bridgehead atoms. The van der Waals surface area contributed by atoms with Crippen LogP contribution in [0.5, 0.6) is 11.5 Å². The van der Waals surface area contributed by atoms with E-state index >= 15 is 0 Å². The van der Waals surface area contributed by atoms with Gasteiger partial charge < -0.3 is 14.8 Å². The molecule has 1 N–H and O–H groups in total. The third-order valence-electron chi connectivity index (χ3n) is 7.96. The molecule has 1 aromatic heterocycles. The van der Waals surface area contributed by atoms with Crippen molar-refractivity contribution in [2.75, 3.05) is 25.6 Å². The summed E-state index contributed by atoms with van der Waals surface area (Å²) in [7, 11) is 1.64. The molecule has 1 aliphatic carbocycles. The standard InChI is InChI=1S/C29H36F2N4O2/c1-17-22(11-6-12-23(17)28(30)31)18(2)32-29-24-14-27(26(36-4)15-25(24)33-19(3)34-29)37-16-21-10-7-13-35(21)20-8-5-9-20/h6,11-12,14-15,18,20-21,28H,5,7-10,13,16H2,1-4H3,(H,32,33,34)/t18-,21+/m1/s1. The molecule has 2 fully saturated rings. The molecule has 0 unspecified atom stereocenters. The van der Waals surface area contributed by atoms with Gasteiger partial charge in [-0.25, -0.2) is 18.7 Å². The normalized spacial score (nSPS) is 19.3. The zero-order chi connectivity index (χ0) is 26.1. The Morgan fingerprint density at radius 2 is 1.84 bits per heavy atom. The summed E-state index contributed by atoms with van der Waals surface area (Å²) in [5.74, 6) is 2.55. The van der Waals surface area contributed by atoms with Gasteiger partial charge in [0, 0.05) is 29.1 Å². The van der Waals surface area contributed by atoms with Crippen molar-refractivity contribution in [2.24, 2.45) is 0 Å². The van der Waals surface area contributed by atoms with Gasteiger partial charge in [-0.2, -0.15) is 0 Å². The summed E-state index contributed by atoms with van der Waals surface area (Å²) in [6, 6.07) is 9.74. The number of anilines is 1. The number of alkyl halides is 2. The summed E-state index contributed by atoms with van der Waals surface area (Å²) in [4.78, 5) is 11.9. The number of nitrogens with one attached hydrogen (secondary N) is 1. The Labute approximate surface area is 217 Å². The van der Waals surface area contributed by atoms with E-state index in [-0.39, 0.29) is 11.6 Å². The van der Waals surface area contributed by atoms with Crippen LogP contribution >= 0.6 is 0 Å². The van der Waals surface area contributed by atoms with Gasteiger partial charge >= 0.3 is 0 Å². The smallest absolute Gasteiger partial charge is 0.264 e. The molecule has 0 amide bonds. The molecule has 1 saturated heterocycles. The van der Waals surface area contributed by atoms with Gasteiger partial charge in [-0.3, -0.25) is 4.90 Å². The third kappa shape index (κ3) is 5.21. The van der Waals surface area contributed by atoms with E-state index in [1.54, 1.807) is 20.1 Å². The average Bonchev–Trinajstić information content (AvgIpc) is 3.28. The molecule has 0 spiro atoms. The summed E-state index contributed by atoms with van der Waals surface area (Å²) in [5, 5.41) is 4.25. The first kappa shape index (κ1) is 25.6. The molecule has 2 aromatic carbocycles. The molecule has 5 rings (SSSR count). The number of aromatic nitrogens is 2. The van der Waals surface area contributed by atoms with E-state index in [4.69, 9.17) is 9.47 Å². The predicted molar refractivity (Wildman–Crippen MR) is 142 cm³/mol. The largest absolute Gasteiger partial charge is 0.493 e. The average molecular weight is 511 g/mol. The number of rotatable bonds is 9. The number of hydrogen-bond acceptors (Lipinski definition) is 6. The first-order valence-electron chi connectivity index (χ1n) is 13.2. The first-order chi connectivity index (χ1) is 17.9. The van der Waals surface area contributed by atoms with Gasteiger partial charge in [0.05, 0.1) is 18.7 Å². The van der Waals surface area contributed by atoms with Gasteiger partial charge in [0.25, 0.3) is 6.43 Å². The minimum absolute atomic E-state index is 0.0538. The second-order valence-electron chi connectivity index (χ2n) is 10.3. The topological polar surface area (TPSA) is 59.5 Å². The Balaban J connectivity index is 1.43. The molecular formula is C29H36F2N4O2. The van der Waals surface area contributed by atoms with Crippen LogP contribution in [-0.2, 0) is 0 Å². The lowest BCUT2D eigenvalue weighted by molar-refractivity contribution is 0.0842. The zero-order valence-corrected chi connectivity index (χ0v) is 22.1. The lowest BCUT2D eigenvalue weighted by atomic mass is 9.91. The molecular weight excluding hydrogens is 474 g/mol. The Hall–Kier alpha value is -3.00. The molecule has 0 radical (unpaired) electrons. The van der Waals surface area contributed by atoms with Gasteiger partial charge in [0.2, 0.25) is 0 Å². The Bertz CT molecular complexity index is 1260. The molecule has 2 aliphatic rings. The predicted octanol–water partition coefficient (Wildman–Crippen LogP) is 6.76. The third-order valence-corrected chi connectivity index (χ3v) is 7.96. The van der Waals surface area contributed by atoms with Crippen molar-refractivity contribution >= 4 is 16.7 Å². The summed E-state index contributed by atoms with van der Waals surface area (Å²) >= 11 is 0. The Morgan fingerprint density at radius 3 is 2.54 bits per heavy atom. The highest BCUT2D eigenvalue weighted by Crippen LogP contribution is 2.37. The highest BCUT2D eigenvalue weighted by molar-refractivity contribution is 5.92. The van der Waals surface area contributed by atoms with Crippen LogP contribution in [0.15, 0.2) is 30.3 Å². The molecule has 1 saturated carbocycles. The van der Waals surface area contributed by atoms with E-state index in [2.05, 4.69) is 20.2 Å². The number of benzene rings is 2. The van der Waals surface area contributed by atoms with Crippen LogP contribution < -0.4 is 14.8 Å². The maximum atomic E-state index is 13.5. The SMILES string of the molecule is COc1cc2nc(C)nc(N[C@H](C)c3cccc(C(F)F)c3C)c2cc1OC[C@@H]1CCCN1C1CCC1. The number of halogens is 2. The fraction of sp³-hybridized carbons (Fsp3) is 0.517. The van der Waals surface area contributed by atoms with Crippen LogP contribution in [-0.4, -0.2) is 47.2 Å². The van der Waals surface area contributed by atoms with Gasteiger partial charge in [-0.1, -0.05) is 24.6 Å². The first-order valence-corrected chi connectivity index (χ1v) is 13.2. The number of aryl methyl sites for hydroxylation is 1. The molecule has 37 heavy (non-hydrogen) atoms. The molecule has 198 valence electrons. The van der Waals surface area contributed by atoms with E-state index < -0.39 is 6.43 Å². The molecule has 2 atom stereocenters. The lowest BCUT2D eigenvalue weighted by Gasteiger charge is -2.38. The van der Waals surface area contributed by atoms with E-state index in [1.807, 2.05) is 32.0 Å². The van der Waals surface area contributed by atoms with Crippen molar-refractivity contribution in [1.82, 2.24) is 14.9 Å². The van der Waals surface area contributed by atoms with Gasteiger partial charge in [0.1, 0.15) is 18.2 Å². The minimum Gasteiger partial charge on any atom is -0.493 e. The van der Waals surface area contributed by atoms with Crippen LogP contribution in [0.2, 0.25) is 0 Å². The summed E-state index contributed by atoms with van der Waals surface area (Å²) < 4.78 is 39.0. The van der Waals surface area contributed by atoms with Crippen molar-refractivity contribution in [3.8, 4) is 11.5 Å². The number of ether oxygens (including phenoxy) is 2. The van der Waals surface area contributed by atoms with Crippen molar-refractivity contribution in [2.45, 2.75) is 77.4 Å². The molecule has 3 aromatic rings. The van der Waals surface area contributed by atoms with Crippen molar-refractivity contribution in [1.29, 1.82) is 0 Å². The van der Waals surface area contributed by atoms with Crippen LogP contribution in [0.25, 0.3) is 10.9 Å². The Kier molecular flexibility index (Phi) is 7.47. The molecule has 1 aliphatic heterocycles. The fourth-order valence-corrected chi connectivity index (χ4v) is 5.72. The van der Waals surface area contributed by atoms with Crippen molar-refractivity contribution in [3.05, 3.63) is 52.8 Å². The monoisotopic (exact) mass is 510 g/mol. The maximum Gasteiger partial charge on any atom is 0.264 e. The van der Waals surface area contributed by atoms with Gasteiger partial charge in [-0.15, -0.1) is 0 Å². The number of nitrogens with zero attached hydrogens (tertiary/aromatic N) is 3. The summed E-state index contributed by atoms with van der Waals surface area (Å²) in [6.07, 6.45) is 3.76. The van der Waals surface area contributed by atoms with Crippen LogP contribution in [0.4, 0.5) is 14.6 Å². The number of hydrogen-bond donors (Lipinski definition) is 1. The molecule has 2 heterocycles. The van der Waals surface area contributed by atoms with E-state index in [1.165, 1.54) is 31.7 Å². The van der Waals surface area contributed by atoms with E-state index in [9.17, 15) is 8.78 Å². The van der Waals surface area contributed by atoms with Crippen LogP contribution in [0.1, 0.15) is 74.0 Å². The maximum absolute atomic E-state index is 13.5. The highest BCUT2D eigenvalue weighted by atomic mass is 19.3. The summed E-state index contributed by atoms with van der Waals surface area (Å²) in [6.45, 7) is 7.30. The Morgan fingerprint density at radius 1 is 1.05 bits per heavy atom. The van der Waals surface area contributed by atoms with Crippen LogP contribution in [0.3, 0.4) is 0 Å². The molecule has 6 nitrogen and oxygen atoms in total. The molecule has 8 heteroatoms. The minimum atomic E-state index is -2.51. The number of methoxy groups -OCH3 is 1. The number of fused-ring (bicyclic) bond motifs is 1.